The van der Waals surface area contributed by atoms with Gasteiger partial charge >= 0.3 is 6.03 Å². The fourth-order valence-corrected chi connectivity index (χ4v) is 4.49. The number of benzene rings is 1. The molecule has 150 valence electrons. The average molecular weight is 385 g/mol. The molecule has 4 unspecified atom stereocenters. The highest BCUT2D eigenvalue weighted by Crippen LogP contribution is 2.34. The number of methoxy groups -OCH3 is 1. The van der Waals surface area contributed by atoms with Crippen molar-refractivity contribution in [3.05, 3.63) is 36.9 Å². The number of urea groups is 1. The number of ether oxygens (including phenoxy) is 1. The lowest BCUT2D eigenvalue weighted by molar-refractivity contribution is -0.138. The molecule has 3 heterocycles. The minimum atomic E-state index is -0.406. The van der Waals surface area contributed by atoms with Crippen molar-refractivity contribution < 1.29 is 14.3 Å². The number of nitrogens with zero attached hydrogens (tertiary/aromatic N) is 4. The third-order valence-electron chi connectivity index (χ3n) is 5.80. The van der Waals surface area contributed by atoms with Crippen LogP contribution in [0.2, 0.25) is 0 Å². The number of amides is 3. The molecule has 3 aliphatic rings. The van der Waals surface area contributed by atoms with Crippen molar-refractivity contribution in [1.82, 2.24) is 20.0 Å². The number of rotatable bonds is 4. The summed E-state index contributed by atoms with van der Waals surface area (Å²) < 4.78 is 5.27. The van der Waals surface area contributed by atoms with Gasteiger partial charge in [0.15, 0.2) is 0 Å². The second-order valence-electron chi connectivity index (χ2n) is 7.71. The molecule has 3 saturated heterocycles. The first-order chi connectivity index (χ1) is 13.5. The molecule has 0 aromatic heterocycles. The predicted molar refractivity (Wildman–Crippen MR) is 106 cm³/mol. The Morgan fingerprint density at radius 3 is 2.61 bits per heavy atom. The number of hydrogen-bond acceptors (Lipinski definition) is 6. The van der Waals surface area contributed by atoms with E-state index in [0.717, 1.165) is 24.5 Å². The van der Waals surface area contributed by atoms with Crippen LogP contribution in [0.1, 0.15) is 6.92 Å². The maximum absolute atomic E-state index is 13.2. The summed E-state index contributed by atoms with van der Waals surface area (Å²) in [6.07, 6.45) is 1.09. The Hall–Kier alpha value is -2.58. The van der Waals surface area contributed by atoms with Crippen molar-refractivity contribution in [3.63, 3.8) is 0 Å². The standard InChI is InChI=1S/C20H27N5O3/c1-5-10-23-18(26)16-17(22(3)20(23)27)21-19-24(11-13(2)12-25(16)19)14-6-8-15(28-4)9-7-14/h5-9,13,16-17,19,21H,1,10-12H2,2-4H3. The van der Waals surface area contributed by atoms with Crippen molar-refractivity contribution in [2.24, 2.45) is 5.92 Å². The summed E-state index contributed by atoms with van der Waals surface area (Å²) >= 11 is 0. The number of carbonyl (C=O) groups is 2. The molecule has 1 aromatic carbocycles. The Bertz CT molecular complexity index is 783. The Kier molecular flexibility index (Phi) is 4.76. The lowest BCUT2D eigenvalue weighted by Gasteiger charge is -2.45. The summed E-state index contributed by atoms with van der Waals surface area (Å²) in [5.41, 5.74) is 1.05. The lowest BCUT2D eigenvalue weighted by atomic mass is 10.0. The molecule has 0 radical (unpaired) electrons. The molecule has 1 aromatic rings. The van der Waals surface area contributed by atoms with E-state index in [4.69, 9.17) is 4.74 Å². The van der Waals surface area contributed by atoms with Crippen LogP contribution in [0.4, 0.5) is 10.5 Å². The first-order valence-corrected chi connectivity index (χ1v) is 9.57. The molecule has 8 nitrogen and oxygen atoms in total. The molecule has 0 spiro atoms. The monoisotopic (exact) mass is 385 g/mol. The van der Waals surface area contributed by atoms with E-state index in [1.54, 1.807) is 25.1 Å². The van der Waals surface area contributed by atoms with Crippen LogP contribution in [0, 0.1) is 5.92 Å². The van der Waals surface area contributed by atoms with Crippen molar-refractivity contribution in [1.29, 1.82) is 0 Å². The van der Waals surface area contributed by atoms with Crippen LogP contribution >= 0.6 is 0 Å². The quantitative estimate of drug-likeness (QED) is 0.784. The van der Waals surface area contributed by atoms with Crippen LogP contribution in [-0.4, -0.2) is 78.9 Å². The molecule has 4 atom stereocenters. The van der Waals surface area contributed by atoms with Gasteiger partial charge in [0.1, 0.15) is 24.2 Å². The Labute approximate surface area is 165 Å². The molecule has 0 saturated carbocycles. The van der Waals surface area contributed by atoms with Gasteiger partial charge in [-0.1, -0.05) is 13.0 Å². The summed E-state index contributed by atoms with van der Waals surface area (Å²) in [7, 11) is 3.39. The highest BCUT2D eigenvalue weighted by atomic mass is 16.5. The van der Waals surface area contributed by atoms with Gasteiger partial charge in [-0.3, -0.25) is 19.9 Å². The van der Waals surface area contributed by atoms with Crippen molar-refractivity contribution in [2.75, 3.05) is 38.7 Å². The van der Waals surface area contributed by atoms with E-state index in [0.29, 0.717) is 5.92 Å². The second-order valence-corrected chi connectivity index (χ2v) is 7.71. The number of imide groups is 1. The minimum Gasteiger partial charge on any atom is -0.497 e. The number of carbonyl (C=O) groups excluding carboxylic acids is 2. The zero-order chi connectivity index (χ0) is 20.0. The highest BCUT2D eigenvalue weighted by Gasteiger charge is 2.56. The van der Waals surface area contributed by atoms with E-state index in [9.17, 15) is 9.59 Å². The number of nitrogens with one attached hydrogen (secondary N) is 1. The summed E-state index contributed by atoms with van der Waals surface area (Å²) in [5, 5.41) is 3.52. The molecule has 0 aliphatic carbocycles. The van der Waals surface area contributed by atoms with Gasteiger partial charge in [0.05, 0.1) is 7.11 Å². The largest absolute Gasteiger partial charge is 0.497 e. The zero-order valence-corrected chi connectivity index (χ0v) is 16.5. The van der Waals surface area contributed by atoms with Crippen LogP contribution in [-0.2, 0) is 4.79 Å². The van der Waals surface area contributed by atoms with Crippen LogP contribution in [0.15, 0.2) is 36.9 Å². The molecule has 4 rings (SSSR count). The van der Waals surface area contributed by atoms with E-state index < -0.39 is 6.04 Å². The third kappa shape index (κ3) is 2.84. The molecule has 3 amide bonds. The second kappa shape index (κ2) is 7.10. The van der Waals surface area contributed by atoms with Crippen LogP contribution < -0.4 is 15.0 Å². The Morgan fingerprint density at radius 1 is 1.25 bits per heavy atom. The molecule has 3 fully saturated rings. The summed E-state index contributed by atoms with van der Waals surface area (Å²) in [5.74, 6) is 1.02. The van der Waals surface area contributed by atoms with Crippen molar-refractivity contribution in [3.8, 4) is 5.75 Å². The molecular weight excluding hydrogens is 358 g/mol. The van der Waals surface area contributed by atoms with E-state index in [-0.39, 0.29) is 30.9 Å². The Morgan fingerprint density at radius 2 is 1.96 bits per heavy atom. The van der Waals surface area contributed by atoms with Gasteiger partial charge in [0, 0.05) is 32.4 Å². The topological polar surface area (TPSA) is 68.4 Å². The lowest BCUT2D eigenvalue weighted by Crippen LogP contribution is -2.66. The average Bonchev–Trinajstić information content (AvgIpc) is 3.08. The number of likely N-dealkylation sites (N-methyl/N-ethyl adjacent to an activating group) is 1. The van der Waals surface area contributed by atoms with Gasteiger partial charge in [0.25, 0.3) is 5.91 Å². The minimum absolute atomic E-state index is 0.150. The van der Waals surface area contributed by atoms with Gasteiger partial charge in [-0.05, 0) is 30.2 Å². The van der Waals surface area contributed by atoms with Crippen molar-refractivity contribution >= 4 is 17.6 Å². The van der Waals surface area contributed by atoms with Gasteiger partial charge in [-0.2, -0.15) is 0 Å². The normalized spacial score (nSPS) is 30.3. The van der Waals surface area contributed by atoms with Gasteiger partial charge in [-0.25, -0.2) is 4.79 Å². The van der Waals surface area contributed by atoms with E-state index in [1.165, 1.54) is 4.90 Å². The molecule has 28 heavy (non-hydrogen) atoms. The fraction of sp³-hybridized carbons (Fsp3) is 0.500. The predicted octanol–water partition coefficient (Wildman–Crippen LogP) is 1.11. The maximum atomic E-state index is 13.2. The van der Waals surface area contributed by atoms with Gasteiger partial charge < -0.3 is 14.5 Å². The summed E-state index contributed by atoms with van der Waals surface area (Å²) in [6, 6.07) is 7.23. The number of anilines is 1. The van der Waals surface area contributed by atoms with E-state index in [1.807, 2.05) is 24.3 Å². The third-order valence-corrected chi connectivity index (χ3v) is 5.80. The fourth-order valence-electron chi connectivity index (χ4n) is 4.49. The summed E-state index contributed by atoms with van der Waals surface area (Å²) in [6.45, 7) is 7.75. The smallest absolute Gasteiger partial charge is 0.328 e. The maximum Gasteiger partial charge on any atom is 0.328 e. The number of hydrogen-bond donors (Lipinski definition) is 1. The molecular formula is C20H27N5O3. The molecule has 1 N–H and O–H groups in total. The molecule has 3 aliphatic heterocycles. The summed E-state index contributed by atoms with van der Waals surface area (Å²) in [4.78, 5) is 33.2. The first-order valence-electron chi connectivity index (χ1n) is 9.57. The van der Waals surface area contributed by atoms with E-state index >= 15 is 0 Å². The van der Waals surface area contributed by atoms with E-state index in [2.05, 4.69) is 28.6 Å². The SMILES string of the molecule is C=CCN1C(=O)C2C(NC3N(c4ccc(OC)cc4)CC(C)CN23)N(C)C1=O. The van der Waals surface area contributed by atoms with Crippen LogP contribution in [0.3, 0.4) is 0 Å². The van der Waals surface area contributed by atoms with Gasteiger partial charge in [-0.15, -0.1) is 6.58 Å². The molecule has 8 heteroatoms. The molecule has 0 bridgehead atoms. The van der Waals surface area contributed by atoms with Crippen LogP contribution in [0.5, 0.6) is 5.75 Å². The Balaban J connectivity index is 1.67. The first kappa shape index (κ1) is 18.8. The zero-order valence-electron chi connectivity index (χ0n) is 16.5. The highest BCUT2D eigenvalue weighted by molar-refractivity contribution is 6.00. The van der Waals surface area contributed by atoms with Gasteiger partial charge in [0.2, 0.25) is 0 Å². The van der Waals surface area contributed by atoms with Crippen molar-refractivity contribution in [2.45, 2.75) is 25.4 Å². The number of fused-ring (bicyclic) bond motifs is 3. The van der Waals surface area contributed by atoms with Crippen LogP contribution in [0.25, 0.3) is 0 Å².